The largest absolute Gasteiger partial charge is 0.352 e. The van der Waals surface area contributed by atoms with Crippen LogP contribution >= 0.6 is 0 Å². The molecule has 0 unspecified atom stereocenters. The number of unbranched alkanes of at least 4 members (excludes halogenated alkanes) is 1. The Morgan fingerprint density at radius 3 is 2.70 bits per heavy atom. The maximum absolute atomic E-state index is 12.9. The number of sulfonamides is 1. The van der Waals surface area contributed by atoms with Crippen molar-refractivity contribution in [1.29, 1.82) is 0 Å². The van der Waals surface area contributed by atoms with Gasteiger partial charge in [-0.1, -0.05) is 31.5 Å². The minimum absolute atomic E-state index is 0.175. The molecule has 4 rings (SSSR count). The van der Waals surface area contributed by atoms with Gasteiger partial charge in [0.1, 0.15) is 11.4 Å². The molecular weight excluding hydrogens is 404 g/mol. The molecule has 0 radical (unpaired) electrons. The summed E-state index contributed by atoms with van der Waals surface area (Å²) in [5, 5.41) is 2.91. The number of carbonyl (C=O) groups excluding carboxylic acids is 1. The van der Waals surface area contributed by atoms with Crippen LogP contribution in [0.3, 0.4) is 0 Å². The first kappa shape index (κ1) is 21.0. The maximum atomic E-state index is 12.9. The number of fused-ring (bicyclic) bond motifs is 2. The van der Waals surface area contributed by atoms with Gasteiger partial charge in [0.2, 0.25) is 10.0 Å². The van der Waals surface area contributed by atoms with Crippen molar-refractivity contribution >= 4 is 21.6 Å². The first-order valence-electron chi connectivity index (χ1n) is 10.5. The number of benzene rings is 1. The number of imidazole rings is 1. The number of amides is 1. The molecule has 0 saturated carbocycles. The van der Waals surface area contributed by atoms with E-state index in [9.17, 15) is 13.2 Å². The predicted octanol–water partition coefficient (Wildman–Crippen LogP) is 2.34. The molecule has 1 atom stereocenters. The highest BCUT2D eigenvalue weighted by atomic mass is 32.2. The minimum atomic E-state index is -3.26. The molecule has 2 aliphatic heterocycles. The number of hydrogen-bond acceptors (Lipinski definition) is 5. The van der Waals surface area contributed by atoms with Crippen LogP contribution in [0.1, 0.15) is 38.4 Å². The Morgan fingerprint density at radius 1 is 1.27 bits per heavy atom. The second-order valence-corrected chi connectivity index (χ2v) is 10.0. The zero-order valence-corrected chi connectivity index (χ0v) is 18.0. The second kappa shape index (κ2) is 8.49. The number of nitrogens with zero attached hydrogens (tertiary/aromatic N) is 3. The topological polar surface area (TPSA) is 93.5 Å². The summed E-state index contributed by atoms with van der Waals surface area (Å²) < 4.78 is 35.0. The SMILES string of the molecule is CCCCS(=O)(=O)N1CCC2(CC1)O[C@H](C(=O)Nc1ccccc1)Cn1ccnc12. The molecule has 1 spiro atoms. The zero-order chi connectivity index (χ0) is 21.2. The molecule has 1 saturated heterocycles. The molecule has 2 aliphatic rings. The van der Waals surface area contributed by atoms with E-state index in [-0.39, 0.29) is 11.7 Å². The molecule has 1 amide bonds. The number of nitrogens with one attached hydrogen (secondary N) is 1. The van der Waals surface area contributed by atoms with Gasteiger partial charge >= 0.3 is 0 Å². The number of rotatable bonds is 6. The van der Waals surface area contributed by atoms with Crippen LogP contribution in [0.5, 0.6) is 0 Å². The monoisotopic (exact) mass is 432 g/mol. The summed E-state index contributed by atoms with van der Waals surface area (Å²) in [6.45, 7) is 3.10. The van der Waals surface area contributed by atoms with Crippen molar-refractivity contribution in [3.05, 3.63) is 48.5 Å². The van der Waals surface area contributed by atoms with Gasteiger partial charge in [0, 0.05) is 31.2 Å². The van der Waals surface area contributed by atoms with Gasteiger partial charge in [0.05, 0.1) is 12.3 Å². The van der Waals surface area contributed by atoms with Crippen molar-refractivity contribution in [3.8, 4) is 0 Å². The molecule has 1 fully saturated rings. The minimum Gasteiger partial charge on any atom is -0.352 e. The number of para-hydroxylation sites is 1. The Bertz CT molecular complexity index is 981. The van der Waals surface area contributed by atoms with Crippen molar-refractivity contribution < 1.29 is 17.9 Å². The molecule has 1 aromatic carbocycles. The van der Waals surface area contributed by atoms with Crippen molar-refractivity contribution in [2.75, 3.05) is 24.2 Å². The van der Waals surface area contributed by atoms with E-state index in [4.69, 9.17) is 4.74 Å². The summed E-state index contributed by atoms with van der Waals surface area (Å²) >= 11 is 0. The molecule has 30 heavy (non-hydrogen) atoms. The molecule has 2 aromatic rings. The van der Waals surface area contributed by atoms with Crippen molar-refractivity contribution in [3.63, 3.8) is 0 Å². The summed E-state index contributed by atoms with van der Waals surface area (Å²) in [5.74, 6) is 0.739. The van der Waals surface area contributed by atoms with Gasteiger partial charge in [-0.25, -0.2) is 17.7 Å². The summed E-state index contributed by atoms with van der Waals surface area (Å²) in [5.41, 5.74) is -0.0366. The Balaban J connectivity index is 1.50. The van der Waals surface area contributed by atoms with E-state index >= 15 is 0 Å². The number of piperidine rings is 1. The number of carbonyl (C=O) groups is 1. The standard InChI is InChI=1S/C21H28N4O4S/c1-2-3-15-30(27,28)25-12-9-21(10-13-25)20-22-11-14-24(20)16-18(29-21)19(26)23-17-7-5-4-6-8-17/h4-8,11,14,18H,2-3,9-10,12-13,15-16H2,1H3,(H,23,26)/t18-/m0/s1. The van der Waals surface area contributed by atoms with Crippen LogP contribution in [0.25, 0.3) is 0 Å². The van der Waals surface area contributed by atoms with E-state index in [1.165, 1.54) is 0 Å². The third-order valence-electron chi connectivity index (χ3n) is 5.87. The first-order chi connectivity index (χ1) is 14.4. The Hall–Kier alpha value is -2.23. The quantitative estimate of drug-likeness (QED) is 0.756. The summed E-state index contributed by atoms with van der Waals surface area (Å²) in [6, 6.07) is 9.28. The van der Waals surface area contributed by atoms with Crippen LogP contribution in [-0.2, 0) is 31.7 Å². The summed E-state index contributed by atoms with van der Waals surface area (Å²) in [6.07, 6.45) is 5.35. The van der Waals surface area contributed by atoms with Crippen molar-refractivity contribution in [1.82, 2.24) is 13.9 Å². The molecule has 1 N–H and O–H groups in total. The summed E-state index contributed by atoms with van der Waals surface area (Å²) in [7, 11) is -3.26. The van der Waals surface area contributed by atoms with E-state index in [1.54, 1.807) is 10.5 Å². The highest BCUT2D eigenvalue weighted by Gasteiger charge is 2.48. The predicted molar refractivity (Wildman–Crippen MR) is 113 cm³/mol. The third-order valence-corrected chi connectivity index (χ3v) is 7.82. The zero-order valence-electron chi connectivity index (χ0n) is 17.2. The number of hydrogen-bond donors (Lipinski definition) is 1. The molecule has 0 aliphatic carbocycles. The number of aromatic nitrogens is 2. The lowest BCUT2D eigenvalue weighted by Crippen LogP contribution is -2.54. The lowest BCUT2D eigenvalue weighted by Gasteiger charge is -2.45. The van der Waals surface area contributed by atoms with Gasteiger partial charge in [-0.2, -0.15) is 0 Å². The normalized spacial score (nSPS) is 21.3. The molecule has 0 bridgehead atoms. The lowest BCUT2D eigenvalue weighted by atomic mass is 9.89. The highest BCUT2D eigenvalue weighted by molar-refractivity contribution is 7.89. The Labute approximate surface area is 177 Å². The molecule has 3 heterocycles. The van der Waals surface area contributed by atoms with Crippen LogP contribution in [0.15, 0.2) is 42.7 Å². The average molecular weight is 433 g/mol. The fourth-order valence-corrected chi connectivity index (χ4v) is 5.85. The van der Waals surface area contributed by atoms with E-state index in [0.717, 1.165) is 12.2 Å². The lowest BCUT2D eigenvalue weighted by molar-refractivity contribution is -0.166. The molecule has 1 aromatic heterocycles. The fraction of sp³-hybridized carbons (Fsp3) is 0.524. The van der Waals surface area contributed by atoms with Crippen LogP contribution in [0.2, 0.25) is 0 Å². The number of anilines is 1. The van der Waals surface area contributed by atoms with Crippen molar-refractivity contribution in [2.45, 2.75) is 50.9 Å². The van der Waals surface area contributed by atoms with E-state index in [0.29, 0.717) is 44.6 Å². The molecular formula is C21H28N4O4S. The van der Waals surface area contributed by atoms with Crippen molar-refractivity contribution in [2.24, 2.45) is 0 Å². The average Bonchev–Trinajstić information content (AvgIpc) is 3.23. The van der Waals surface area contributed by atoms with Crippen LogP contribution in [-0.4, -0.2) is 53.1 Å². The van der Waals surface area contributed by atoms with Gasteiger partial charge in [-0.05, 0) is 31.4 Å². The smallest absolute Gasteiger partial charge is 0.255 e. The first-order valence-corrected chi connectivity index (χ1v) is 12.1. The van der Waals surface area contributed by atoms with Gasteiger partial charge < -0.3 is 14.6 Å². The van der Waals surface area contributed by atoms with Crippen LogP contribution in [0.4, 0.5) is 5.69 Å². The third kappa shape index (κ3) is 4.14. The fourth-order valence-electron chi connectivity index (χ4n) is 4.20. The molecule has 8 nitrogen and oxygen atoms in total. The van der Waals surface area contributed by atoms with Gasteiger partial charge in [-0.15, -0.1) is 0 Å². The van der Waals surface area contributed by atoms with E-state index in [2.05, 4.69) is 10.3 Å². The Kier molecular flexibility index (Phi) is 5.95. The second-order valence-electron chi connectivity index (χ2n) is 7.93. The molecule has 9 heteroatoms. The maximum Gasteiger partial charge on any atom is 0.255 e. The highest BCUT2D eigenvalue weighted by Crippen LogP contribution is 2.40. The Morgan fingerprint density at radius 2 is 2.00 bits per heavy atom. The van der Waals surface area contributed by atoms with E-state index < -0.39 is 21.7 Å². The van der Waals surface area contributed by atoms with Crippen LogP contribution < -0.4 is 5.32 Å². The molecule has 162 valence electrons. The van der Waals surface area contributed by atoms with Gasteiger partial charge in [0.15, 0.2) is 6.10 Å². The summed E-state index contributed by atoms with van der Waals surface area (Å²) in [4.78, 5) is 17.4. The van der Waals surface area contributed by atoms with E-state index in [1.807, 2.05) is 48.0 Å². The van der Waals surface area contributed by atoms with Gasteiger partial charge in [0.25, 0.3) is 5.91 Å². The van der Waals surface area contributed by atoms with Crippen LogP contribution in [0, 0.1) is 0 Å². The number of ether oxygens (including phenoxy) is 1. The van der Waals surface area contributed by atoms with Gasteiger partial charge in [-0.3, -0.25) is 4.79 Å².